The average Bonchev–Trinajstić information content (AvgIpc) is 2.61. The highest BCUT2D eigenvalue weighted by Gasteiger charge is 2.33. The Kier molecular flexibility index (Phi) is 5.96. The summed E-state index contributed by atoms with van der Waals surface area (Å²) in [4.78, 5) is 13.8. The molecule has 148 valence electrons. The number of aromatic nitrogens is 1. The lowest BCUT2D eigenvalue weighted by Gasteiger charge is -2.23. The van der Waals surface area contributed by atoms with Gasteiger partial charge in [-0.3, -0.25) is 10.1 Å². The molecule has 1 heterocycles. The van der Waals surface area contributed by atoms with Gasteiger partial charge in [0.2, 0.25) is 5.79 Å². The van der Waals surface area contributed by atoms with Gasteiger partial charge in [0.15, 0.2) is 5.75 Å². The number of hydrogen-bond acceptors (Lipinski definition) is 8. The molecule has 9 nitrogen and oxygen atoms in total. The number of hydrogen-bond donors (Lipinski definition) is 4. The van der Waals surface area contributed by atoms with E-state index in [1.54, 1.807) is 0 Å². The van der Waals surface area contributed by atoms with Crippen LogP contribution in [0.1, 0.15) is 5.69 Å². The first-order chi connectivity index (χ1) is 13.1. The van der Waals surface area contributed by atoms with Gasteiger partial charge in [0.25, 0.3) is 5.69 Å². The average molecular weight is 398 g/mol. The number of benzene rings is 1. The second-order valence-corrected chi connectivity index (χ2v) is 5.32. The van der Waals surface area contributed by atoms with E-state index in [0.717, 1.165) is 24.3 Å². The molecule has 0 bridgehead atoms. The molecule has 28 heavy (non-hydrogen) atoms. The molecule has 0 aliphatic heterocycles. The molecule has 0 unspecified atom stereocenters. The number of halogens is 3. The van der Waals surface area contributed by atoms with Crippen LogP contribution in [0.2, 0.25) is 0 Å². The summed E-state index contributed by atoms with van der Waals surface area (Å²) in [7, 11) is 0. The number of nitro groups is 1. The van der Waals surface area contributed by atoms with Crippen LogP contribution >= 0.6 is 0 Å². The second kappa shape index (κ2) is 8.02. The highest BCUT2D eigenvalue weighted by Crippen LogP contribution is 2.35. The van der Waals surface area contributed by atoms with Crippen LogP contribution in [-0.2, 0) is 5.79 Å². The van der Waals surface area contributed by atoms with Crippen molar-refractivity contribution in [3.63, 3.8) is 0 Å². The summed E-state index contributed by atoms with van der Waals surface area (Å²) in [5.41, 5.74) is 2.61. The van der Waals surface area contributed by atoms with Crippen LogP contribution in [0.5, 0.6) is 5.75 Å². The Bertz CT molecular complexity index is 950. The number of nitrogens with zero attached hydrogens (tertiary/aromatic N) is 2. The number of aliphatic hydroxyl groups is 2. The van der Waals surface area contributed by atoms with E-state index in [9.17, 15) is 33.5 Å². The topological polar surface area (TPSA) is 156 Å². The van der Waals surface area contributed by atoms with Gasteiger partial charge in [-0.05, 0) is 18.2 Å². The van der Waals surface area contributed by atoms with Crippen LogP contribution in [0, 0.1) is 21.3 Å². The van der Waals surface area contributed by atoms with Gasteiger partial charge >= 0.3 is 6.61 Å². The van der Waals surface area contributed by atoms with Crippen LogP contribution in [0.15, 0.2) is 42.1 Å². The van der Waals surface area contributed by atoms with Gasteiger partial charge in [-0.2, -0.15) is 8.78 Å². The number of alkyl halides is 2. The van der Waals surface area contributed by atoms with Gasteiger partial charge in [-0.15, -0.1) is 0 Å². The fraction of sp³-hybridized carbons (Fsp3) is 0.125. The van der Waals surface area contributed by atoms with E-state index in [-0.39, 0.29) is 5.56 Å². The lowest BCUT2D eigenvalue weighted by molar-refractivity contribution is -0.385. The molecule has 0 saturated carbocycles. The summed E-state index contributed by atoms with van der Waals surface area (Å²) in [6, 6.07) is 4.01. The Labute approximate surface area is 155 Å². The zero-order chi connectivity index (χ0) is 21.1. The molecule has 2 rings (SSSR count). The molecule has 0 aliphatic carbocycles. The summed E-state index contributed by atoms with van der Waals surface area (Å²) in [6.07, 6.45) is 1.24. The maximum atomic E-state index is 13.8. The number of nitro benzene ring substituents is 1. The van der Waals surface area contributed by atoms with Gasteiger partial charge < -0.3 is 26.1 Å². The monoisotopic (exact) mass is 398 g/mol. The largest absolute Gasteiger partial charge is 0.432 e. The molecular weight excluding hydrogens is 385 g/mol. The van der Waals surface area contributed by atoms with E-state index < -0.39 is 51.5 Å². The van der Waals surface area contributed by atoms with Gasteiger partial charge in [0.1, 0.15) is 17.2 Å². The Morgan fingerprint density at radius 2 is 2.04 bits per heavy atom. The summed E-state index contributed by atoms with van der Waals surface area (Å²) in [5.74, 6) is -4.54. The summed E-state index contributed by atoms with van der Waals surface area (Å²) >= 11 is 0. The van der Waals surface area contributed by atoms with Crippen molar-refractivity contribution in [1.29, 1.82) is 5.41 Å². The van der Waals surface area contributed by atoms with Gasteiger partial charge in [-0.1, -0.05) is 0 Å². The summed E-state index contributed by atoms with van der Waals surface area (Å²) in [6.45, 7) is -3.30. The first-order valence-corrected chi connectivity index (χ1v) is 7.39. The summed E-state index contributed by atoms with van der Waals surface area (Å²) < 4.78 is 43.4. The molecule has 1 aromatic carbocycles. The SMILES string of the molecule is N=C/C(=C\N)C(O)(O)c1ccc(OC(F)F)c(-c2cc(F)cc([N+](=O)[O-])c2)n1. The van der Waals surface area contributed by atoms with Crippen molar-refractivity contribution in [3.8, 4) is 17.0 Å². The third-order valence-corrected chi connectivity index (χ3v) is 3.54. The molecule has 0 amide bonds. The second-order valence-electron chi connectivity index (χ2n) is 5.32. The number of ether oxygens (including phenoxy) is 1. The van der Waals surface area contributed by atoms with Crippen molar-refractivity contribution in [1.82, 2.24) is 4.98 Å². The minimum absolute atomic E-state index is 0.326. The molecule has 5 N–H and O–H groups in total. The van der Waals surface area contributed by atoms with E-state index >= 15 is 0 Å². The molecular formula is C16H13F3N4O5. The quantitative estimate of drug-likeness (QED) is 0.241. The number of pyridine rings is 1. The maximum Gasteiger partial charge on any atom is 0.387 e. The Morgan fingerprint density at radius 3 is 2.57 bits per heavy atom. The molecule has 0 spiro atoms. The van der Waals surface area contributed by atoms with Crippen molar-refractivity contribution in [3.05, 3.63) is 63.7 Å². The number of nitrogens with two attached hydrogens (primary N) is 1. The van der Waals surface area contributed by atoms with E-state index in [2.05, 4.69) is 9.72 Å². The zero-order valence-corrected chi connectivity index (χ0v) is 13.8. The van der Waals surface area contributed by atoms with E-state index in [4.69, 9.17) is 11.1 Å². The maximum absolute atomic E-state index is 13.8. The molecule has 1 aromatic heterocycles. The fourth-order valence-electron chi connectivity index (χ4n) is 2.27. The molecule has 0 aliphatic rings. The third-order valence-electron chi connectivity index (χ3n) is 3.54. The molecule has 2 aromatic rings. The van der Waals surface area contributed by atoms with Crippen LogP contribution in [-0.4, -0.2) is 32.9 Å². The van der Waals surface area contributed by atoms with E-state index in [1.165, 1.54) is 0 Å². The molecule has 0 radical (unpaired) electrons. The lowest BCUT2D eigenvalue weighted by Crippen LogP contribution is -2.30. The number of rotatable bonds is 7. The van der Waals surface area contributed by atoms with Crippen LogP contribution < -0.4 is 10.5 Å². The minimum atomic E-state index is -3.30. The van der Waals surface area contributed by atoms with Gasteiger partial charge in [0.05, 0.1) is 16.6 Å². The van der Waals surface area contributed by atoms with Crippen molar-refractivity contribution in [2.75, 3.05) is 0 Å². The smallest absolute Gasteiger partial charge is 0.387 e. The molecule has 12 heteroatoms. The predicted molar refractivity (Wildman–Crippen MR) is 90.1 cm³/mol. The Balaban J connectivity index is 2.73. The highest BCUT2D eigenvalue weighted by molar-refractivity contribution is 5.78. The van der Waals surface area contributed by atoms with Gasteiger partial charge in [-0.25, -0.2) is 9.37 Å². The number of nitrogens with one attached hydrogen (secondary N) is 1. The van der Waals surface area contributed by atoms with Crippen LogP contribution in [0.25, 0.3) is 11.3 Å². The fourth-order valence-corrected chi connectivity index (χ4v) is 2.27. The molecule has 0 atom stereocenters. The minimum Gasteiger partial charge on any atom is -0.432 e. The first kappa shape index (κ1) is 20.8. The van der Waals surface area contributed by atoms with Crippen molar-refractivity contribution in [2.24, 2.45) is 5.73 Å². The molecule has 0 fully saturated rings. The van der Waals surface area contributed by atoms with Crippen LogP contribution in [0.4, 0.5) is 18.9 Å². The summed E-state index contributed by atoms with van der Waals surface area (Å²) in [5, 5.41) is 38.5. The van der Waals surface area contributed by atoms with Crippen molar-refractivity contribution in [2.45, 2.75) is 12.4 Å². The third kappa shape index (κ3) is 4.24. The highest BCUT2D eigenvalue weighted by atomic mass is 19.3. The van der Waals surface area contributed by atoms with E-state index in [1.807, 2.05) is 0 Å². The van der Waals surface area contributed by atoms with E-state index in [0.29, 0.717) is 18.5 Å². The zero-order valence-electron chi connectivity index (χ0n) is 13.8. The standard InChI is InChI=1S/C16H13F3N4O5/c17-10-3-8(4-11(5-10)23(26)27)14-12(28-15(18)19)1-2-13(22-14)16(24,25)9(6-20)7-21/h1-7,15,20,24-25H,21H2/b9-7+,20-6?. The first-order valence-electron chi connectivity index (χ1n) is 7.39. The normalized spacial score (nSPS) is 12.1. The van der Waals surface area contributed by atoms with Crippen molar-refractivity contribution >= 4 is 11.9 Å². The van der Waals surface area contributed by atoms with Crippen LogP contribution in [0.3, 0.4) is 0 Å². The number of non-ortho nitro benzene ring substituents is 1. The van der Waals surface area contributed by atoms with Crippen molar-refractivity contribution < 1.29 is 33.0 Å². The Hall–Kier alpha value is -3.51. The molecule has 0 saturated heterocycles. The predicted octanol–water partition coefficient (Wildman–Crippen LogP) is 2.03. The Morgan fingerprint density at radius 1 is 1.36 bits per heavy atom. The van der Waals surface area contributed by atoms with Gasteiger partial charge in [0, 0.05) is 24.0 Å². The lowest BCUT2D eigenvalue weighted by atomic mass is 10.0.